The predicted octanol–water partition coefficient (Wildman–Crippen LogP) is 2.56. The molecule has 4 aliphatic carbocycles. The maximum atomic E-state index is 13.3. The monoisotopic (exact) mass is 388 g/mol. The summed E-state index contributed by atoms with van der Waals surface area (Å²) in [7, 11) is 0. The van der Waals surface area contributed by atoms with Crippen LogP contribution in [-0.4, -0.2) is 50.1 Å². The molecule has 0 aromatic carbocycles. The number of fused-ring (bicyclic) bond motifs is 6. The molecule has 3 spiro atoms. The van der Waals surface area contributed by atoms with Crippen molar-refractivity contribution in [3.05, 3.63) is 11.6 Å². The first-order valence-corrected chi connectivity index (χ1v) is 11.2. The number of allylic oxidation sites excluding steroid dienone is 1. The molecule has 0 N–H and O–H groups in total. The average molecular weight is 388 g/mol. The van der Waals surface area contributed by atoms with Crippen molar-refractivity contribution in [2.24, 2.45) is 29.1 Å². The molecule has 2 bridgehead atoms. The van der Waals surface area contributed by atoms with Crippen LogP contribution >= 0.6 is 0 Å². The van der Waals surface area contributed by atoms with E-state index in [1.165, 1.54) is 5.57 Å². The lowest BCUT2D eigenvalue weighted by Gasteiger charge is -2.53. The van der Waals surface area contributed by atoms with Crippen molar-refractivity contribution in [1.82, 2.24) is 0 Å². The summed E-state index contributed by atoms with van der Waals surface area (Å²) in [6.07, 6.45) is 9.11. The summed E-state index contributed by atoms with van der Waals surface area (Å²) < 4.78 is 30.3. The van der Waals surface area contributed by atoms with E-state index in [1.807, 2.05) is 0 Å². The molecule has 152 valence electrons. The number of carbonyl (C=O) groups excluding carboxylic acids is 1. The summed E-state index contributed by atoms with van der Waals surface area (Å²) in [6, 6.07) is 0. The Bertz CT molecular complexity index is 748. The Morgan fingerprint density at radius 2 is 1.71 bits per heavy atom. The van der Waals surface area contributed by atoms with Crippen molar-refractivity contribution in [2.75, 3.05) is 26.4 Å². The standard InChI is InChI=1S/C22H28O6/c23-19-21-12-17(28-19)18-14-3-5-20(24-7-8-25-20)11-13(14)1-2-15(18)16(21)4-6-22(21)26-9-10-27-22/h11,14-18H,1-10,12H2/t14-,15-,16-,17?,18+,21-/m0/s1. The van der Waals surface area contributed by atoms with E-state index < -0.39 is 17.0 Å². The zero-order valence-electron chi connectivity index (χ0n) is 16.2. The zero-order chi connectivity index (χ0) is 18.6. The molecule has 3 heterocycles. The number of hydrogen-bond acceptors (Lipinski definition) is 6. The molecule has 3 saturated carbocycles. The van der Waals surface area contributed by atoms with Crippen molar-refractivity contribution in [3.63, 3.8) is 0 Å². The topological polar surface area (TPSA) is 63.2 Å². The molecule has 0 radical (unpaired) electrons. The van der Waals surface area contributed by atoms with Crippen LogP contribution in [-0.2, 0) is 28.5 Å². The SMILES string of the molecule is O=C1OC2C[C@]13[C@@H](CCC31OCCO1)[C@@H]1CCC3=CC4(CC[C@@H]3[C@@H]21)OCCO4. The van der Waals surface area contributed by atoms with E-state index in [4.69, 9.17) is 23.7 Å². The lowest BCUT2D eigenvalue weighted by molar-refractivity contribution is -0.234. The fraction of sp³-hybridized carbons (Fsp3) is 0.864. The van der Waals surface area contributed by atoms with E-state index in [0.29, 0.717) is 50.1 Å². The summed E-state index contributed by atoms with van der Waals surface area (Å²) in [5, 5.41) is 0. The van der Waals surface area contributed by atoms with E-state index in [-0.39, 0.29) is 12.1 Å². The highest BCUT2D eigenvalue weighted by molar-refractivity contribution is 5.82. The van der Waals surface area contributed by atoms with Crippen molar-refractivity contribution in [2.45, 2.75) is 62.6 Å². The van der Waals surface area contributed by atoms with Crippen LogP contribution in [0, 0.1) is 29.1 Å². The van der Waals surface area contributed by atoms with E-state index in [1.54, 1.807) is 0 Å². The first kappa shape index (κ1) is 16.8. The number of rotatable bonds is 0. The van der Waals surface area contributed by atoms with E-state index >= 15 is 0 Å². The van der Waals surface area contributed by atoms with E-state index in [9.17, 15) is 4.79 Å². The normalized spacial score (nSPS) is 49.6. The third-order valence-electron chi connectivity index (χ3n) is 9.13. The minimum absolute atomic E-state index is 0.00434. The van der Waals surface area contributed by atoms with Crippen LogP contribution in [0.1, 0.15) is 44.9 Å². The van der Waals surface area contributed by atoms with Gasteiger partial charge in [-0.15, -0.1) is 0 Å². The van der Waals surface area contributed by atoms with Crippen LogP contribution in [0.5, 0.6) is 0 Å². The molecule has 0 amide bonds. The van der Waals surface area contributed by atoms with Gasteiger partial charge in [0.25, 0.3) is 0 Å². The van der Waals surface area contributed by atoms with Crippen molar-refractivity contribution in [1.29, 1.82) is 0 Å². The molecule has 7 aliphatic rings. The highest BCUT2D eigenvalue weighted by Crippen LogP contribution is 2.70. The van der Waals surface area contributed by atoms with Gasteiger partial charge in [0.1, 0.15) is 11.5 Å². The Morgan fingerprint density at radius 1 is 0.929 bits per heavy atom. The molecule has 0 aromatic heterocycles. The Labute approximate surface area is 164 Å². The molecular formula is C22H28O6. The number of esters is 1. The fourth-order valence-corrected chi connectivity index (χ4v) is 8.27. The highest BCUT2D eigenvalue weighted by atomic mass is 16.7. The minimum Gasteiger partial charge on any atom is -0.461 e. The summed E-state index contributed by atoms with van der Waals surface area (Å²) in [5.74, 6) is 0.542. The van der Waals surface area contributed by atoms with Gasteiger partial charge in [0.15, 0.2) is 11.6 Å². The first-order chi connectivity index (χ1) is 13.7. The minimum atomic E-state index is -0.716. The van der Waals surface area contributed by atoms with Crippen molar-refractivity contribution < 1.29 is 28.5 Å². The van der Waals surface area contributed by atoms with Gasteiger partial charge in [0.05, 0.1) is 26.4 Å². The fourth-order valence-electron chi connectivity index (χ4n) is 8.27. The summed E-state index contributed by atoms with van der Waals surface area (Å²) in [6.45, 7) is 2.57. The van der Waals surface area contributed by atoms with Crippen LogP contribution in [0.15, 0.2) is 11.6 Å². The van der Waals surface area contributed by atoms with Crippen LogP contribution in [0.3, 0.4) is 0 Å². The highest BCUT2D eigenvalue weighted by Gasteiger charge is 2.77. The van der Waals surface area contributed by atoms with Crippen LogP contribution in [0.2, 0.25) is 0 Å². The third-order valence-corrected chi connectivity index (χ3v) is 9.13. The molecule has 6 heteroatoms. The van der Waals surface area contributed by atoms with Gasteiger partial charge in [-0.2, -0.15) is 0 Å². The Balaban J connectivity index is 1.27. The van der Waals surface area contributed by atoms with Crippen molar-refractivity contribution in [3.8, 4) is 0 Å². The molecule has 7 rings (SSSR count). The number of carbonyl (C=O) groups is 1. The smallest absolute Gasteiger partial charge is 0.318 e. The predicted molar refractivity (Wildman–Crippen MR) is 95.9 cm³/mol. The molecule has 6 atom stereocenters. The first-order valence-electron chi connectivity index (χ1n) is 11.2. The summed E-state index contributed by atoms with van der Waals surface area (Å²) in [4.78, 5) is 13.3. The second-order valence-electron chi connectivity index (χ2n) is 9.87. The quantitative estimate of drug-likeness (QED) is 0.469. The second-order valence-corrected chi connectivity index (χ2v) is 9.87. The van der Waals surface area contributed by atoms with Gasteiger partial charge in [-0.25, -0.2) is 0 Å². The molecule has 28 heavy (non-hydrogen) atoms. The van der Waals surface area contributed by atoms with Gasteiger partial charge in [0, 0.05) is 25.2 Å². The molecule has 1 unspecified atom stereocenters. The van der Waals surface area contributed by atoms with Gasteiger partial charge >= 0.3 is 5.97 Å². The van der Waals surface area contributed by atoms with Gasteiger partial charge in [-0.1, -0.05) is 5.57 Å². The maximum Gasteiger partial charge on any atom is 0.318 e. The summed E-state index contributed by atoms with van der Waals surface area (Å²) in [5.41, 5.74) is 0.912. The maximum absolute atomic E-state index is 13.3. The van der Waals surface area contributed by atoms with Crippen LogP contribution in [0.25, 0.3) is 0 Å². The summed E-state index contributed by atoms with van der Waals surface area (Å²) >= 11 is 0. The van der Waals surface area contributed by atoms with Gasteiger partial charge < -0.3 is 23.7 Å². The van der Waals surface area contributed by atoms with Gasteiger partial charge in [-0.05, 0) is 49.5 Å². The Hall–Kier alpha value is -0.950. The molecule has 3 aliphatic heterocycles. The zero-order valence-corrected chi connectivity index (χ0v) is 16.2. The number of hydrogen-bond donors (Lipinski definition) is 0. The molecule has 3 saturated heterocycles. The average Bonchev–Trinajstić information content (AvgIpc) is 3.47. The molecular weight excluding hydrogens is 360 g/mol. The lowest BCUT2D eigenvalue weighted by Crippen LogP contribution is -2.57. The van der Waals surface area contributed by atoms with E-state index in [2.05, 4.69) is 6.08 Å². The van der Waals surface area contributed by atoms with Crippen LogP contribution in [0.4, 0.5) is 0 Å². The van der Waals surface area contributed by atoms with Gasteiger partial charge in [-0.3, -0.25) is 4.79 Å². The second kappa shape index (κ2) is 5.39. The lowest BCUT2D eigenvalue weighted by atomic mass is 9.51. The van der Waals surface area contributed by atoms with Crippen molar-refractivity contribution >= 4 is 5.97 Å². The molecule has 6 fully saturated rings. The van der Waals surface area contributed by atoms with Gasteiger partial charge in [0.2, 0.25) is 0 Å². The van der Waals surface area contributed by atoms with E-state index in [0.717, 1.165) is 44.9 Å². The molecule has 6 nitrogen and oxygen atoms in total. The molecule has 0 aromatic rings. The Morgan fingerprint density at radius 3 is 2.54 bits per heavy atom. The largest absolute Gasteiger partial charge is 0.461 e. The number of ether oxygens (including phenoxy) is 5. The third kappa shape index (κ3) is 1.83. The van der Waals surface area contributed by atoms with Crippen LogP contribution < -0.4 is 0 Å². The Kier molecular flexibility index (Phi) is 3.24.